The summed E-state index contributed by atoms with van der Waals surface area (Å²) in [6, 6.07) is 11.5. The van der Waals surface area contributed by atoms with Gasteiger partial charge in [-0.1, -0.05) is 23.2 Å². The lowest BCUT2D eigenvalue weighted by molar-refractivity contribution is -0.118. The maximum Gasteiger partial charge on any atom is 0.253 e. The fraction of sp³-hybridized carbons (Fsp3) is 0.263. The molecular formula is C19H20Cl2N2O2S2. The van der Waals surface area contributed by atoms with Gasteiger partial charge in [0.2, 0.25) is 5.91 Å². The van der Waals surface area contributed by atoms with Gasteiger partial charge in [0.15, 0.2) is 0 Å². The second kappa shape index (κ2) is 10.9. The molecule has 0 aliphatic heterocycles. The van der Waals surface area contributed by atoms with Gasteiger partial charge in [-0.25, -0.2) is 0 Å². The van der Waals surface area contributed by atoms with Crippen LogP contribution >= 0.6 is 46.7 Å². The highest BCUT2D eigenvalue weighted by Gasteiger charge is 2.22. The van der Waals surface area contributed by atoms with Gasteiger partial charge >= 0.3 is 0 Å². The standard InChI is InChI=1S/C19H20Cl2N2O2S2/c1-26-10-9-17(19(25)22-13-4-6-14(27-2)7-5-13)23-18(24)15-8-3-12(20)11-16(15)21/h3-8,11,17H,9-10H2,1-2H3,(H,22,25)(H,23,24). The Hall–Kier alpha value is -1.34. The van der Waals surface area contributed by atoms with Gasteiger partial charge in [-0.05, 0) is 67.1 Å². The van der Waals surface area contributed by atoms with E-state index in [0.29, 0.717) is 17.1 Å². The van der Waals surface area contributed by atoms with E-state index in [0.717, 1.165) is 10.6 Å². The smallest absolute Gasteiger partial charge is 0.253 e. The van der Waals surface area contributed by atoms with Crippen LogP contribution in [-0.2, 0) is 4.79 Å². The second-order valence-corrected chi connectivity index (χ2v) is 8.36. The molecule has 27 heavy (non-hydrogen) atoms. The number of thioether (sulfide) groups is 2. The minimum atomic E-state index is -0.670. The molecule has 0 aromatic heterocycles. The Morgan fingerprint density at radius 2 is 1.78 bits per heavy atom. The molecule has 0 fully saturated rings. The summed E-state index contributed by atoms with van der Waals surface area (Å²) in [5, 5.41) is 6.32. The molecule has 1 atom stereocenters. The largest absolute Gasteiger partial charge is 0.340 e. The molecule has 4 nitrogen and oxygen atoms in total. The lowest BCUT2D eigenvalue weighted by Gasteiger charge is -2.19. The van der Waals surface area contributed by atoms with Crippen molar-refractivity contribution in [2.24, 2.45) is 0 Å². The Morgan fingerprint density at radius 3 is 2.37 bits per heavy atom. The first-order valence-electron chi connectivity index (χ1n) is 8.14. The Balaban J connectivity index is 2.10. The maximum atomic E-state index is 12.7. The molecule has 0 spiro atoms. The Labute approximate surface area is 177 Å². The van der Waals surface area contributed by atoms with Gasteiger partial charge in [-0.15, -0.1) is 11.8 Å². The fourth-order valence-corrected chi connectivity index (χ4v) is 3.69. The third-order valence-electron chi connectivity index (χ3n) is 3.77. The summed E-state index contributed by atoms with van der Waals surface area (Å²) in [5.41, 5.74) is 0.970. The van der Waals surface area contributed by atoms with Crippen molar-refractivity contribution >= 4 is 64.2 Å². The molecule has 2 aromatic rings. The van der Waals surface area contributed by atoms with E-state index in [1.807, 2.05) is 36.8 Å². The minimum absolute atomic E-state index is 0.247. The molecule has 2 amide bonds. The normalized spacial score (nSPS) is 11.7. The quantitative estimate of drug-likeness (QED) is 0.551. The van der Waals surface area contributed by atoms with Crippen molar-refractivity contribution in [3.05, 3.63) is 58.1 Å². The van der Waals surface area contributed by atoms with Gasteiger partial charge in [0, 0.05) is 15.6 Å². The van der Waals surface area contributed by atoms with Gasteiger partial charge in [-0.2, -0.15) is 11.8 Å². The maximum absolute atomic E-state index is 12.7. The van der Waals surface area contributed by atoms with E-state index in [1.165, 1.54) is 6.07 Å². The summed E-state index contributed by atoms with van der Waals surface area (Å²) in [5.74, 6) is 0.0630. The second-order valence-electron chi connectivity index (χ2n) is 5.65. The predicted molar refractivity (Wildman–Crippen MR) is 118 cm³/mol. The summed E-state index contributed by atoms with van der Waals surface area (Å²) in [4.78, 5) is 26.4. The Morgan fingerprint density at radius 1 is 1.07 bits per heavy atom. The van der Waals surface area contributed by atoms with Crippen molar-refractivity contribution in [3.8, 4) is 0 Å². The number of carbonyl (C=O) groups excluding carboxylic acids is 2. The van der Waals surface area contributed by atoms with Crippen molar-refractivity contribution in [2.45, 2.75) is 17.4 Å². The van der Waals surface area contributed by atoms with Crippen LogP contribution in [0.4, 0.5) is 5.69 Å². The average Bonchev–Trinajstić information content (AvgIpc) is 2.65. The van der Waals surface area contributed by atoms with Gasteiger partial charge < -0.3 is 10.6 Å². The van der Waals surface area contributed by atoms with Crippen LogP contribution in [0.25, 0.3) is 0 Å². The molecule has 0 heterocycles. The monoisotopic (exact) mass is 442 g/mol. The summed E-state index contributed by atoms with van der Waals surface area (Å²) in [7, 11) is 0. The van der Waals surface area contributed by atoms with E-state index >= 15 is 0 Å². The van der Waals surface area contributed by atoms with Crippen molar-refractivity contribution in [2.75, 3.05) is 23.6 Å². The van der Waals surface area contributed by atoms with Crippen molar-refractivity contribution < 1.29 is 9.59 Å². The first-order valence-corrected chi connectivity index (χ1v) is 11.5. The minimum Gasteiger partial charge on any atom is -0.340 e. The zero-order valence-electron chi connectivity index (χ0n) is 14.9. The lowest BCUT2D eigenvalue weighted by Crippen LogP contribution is -2.44. The van der Waals surface area contributed by atoms with Crippen LogP contribution in [0, 0.1) is 0 Å². The van der Waals surface area contributed by atoms with Crippen LogP contribution in [0.1, 0.15) is 16.8 Å². The van der Waals surface area contributed by atoms with Crippen molar-refractivity contribution in [3.63, 3.8) is 0 Å². The van der Waals surface area contributed by atoms with Crippen LogP contribution < -0.4 is 10.6 Å². The number of nitrogens with one attached hydrogen (secondary N) is 2. The highest BCUT2D eigenvalue weighted by molar-refractivity contribution is 7.98. The van der Waals surface area contributed by atoms with Crippen molar-refractivity contribution in [1.29, 1.82) is 0 Å². The molecule has 0 aliphatic rings. The highest BCUT2D eigenvalue weighted by atomic mass is 35.5. The Bertz CT molecular complexity index is 801. The summed E-state index contributed by atoms with van der Waals surface area (Å²) >= 11 is 15.2. The number of benzene rings is 2. The van der Waals surface area contributed by atoms with Gasteiger partial charge in [0.25, 0.3) is 5.91 Å². The van der Waals surface area contributed by atoms with E-state index in [9.17, 15) is 9.59 Å². The third kappa shape index (κ3) is 6.64. The topological polar surface area (TPSA) is 58.2 Å². The number of anilines is 1. The summed E-state index contributed by atoms with van der Waals surface area (Å²) < 4.78 is 0. The first kappa shape index (κ1) is 22.0. The molecule has 0 radical (unpaired) electrons. The van der Waals surface area contributed by atoms with Crippen molar-refractivity contribution in [1.82, 2.24) is 5.32 Å². The summed E-state index contributed by atoms with van der Waals surface area (Å²) in [6.45, 7) is 0. The van der Waals surface area contributed by atoms with Crippen LogP contribution in [-0.4, -0.2) is 36.1 Å². The van der Waals surface area contributed by atoms with Crippen LogP contribution in [0.5, 0.6) is 0 Å². The highest BCUT2D eigenvalue weighted by Crippen LogP contribution is 2.21. The zero-order chi connectivity index (χ0) is 19.8. The van der Waals surface area contributed by atoms with E-state index in [-0.39, 0.29) is 16.5 Å². The van der Waals surface area contributed by atoms with Crippen LogP contribution in [0.15, 0.2) is 47.4 Å². The predicted octanol–water partition coefficient (Wildman–Crippen LogP) is 5.21. The number of rotatable bonds is 8. The van der Waals surface area contributed by atoms with Gasteiger partial charge in [0.1, 0.15) is 6.04 Å². The molecule has 0 bridgehead atoms. The summed E-state index contributed by atoms with van der Waals surface area (Å²) in [6.07, 6.45) is 4.45. The molecule has 2 aromatic carbocycles. The molecule has 0 saturated carbocycles. The number of hydrogen-bond donors (Lipinski definition) is 2. The number of hydrogen-bond acceptors (Lipinski definition) is 4. The first-order chi connectivity index (χ1) is 12.9. The van der Waals surface area contributed by atoms with E-state index in [1.54, 1.807) is 35.7 Å². The fourth-order valence-electron chi connectivity index (χ4n) is 2.32. The lowest BCUT2D eigenvalue weighted by atomic mass is 10.1. The van der Waals surface area contributed by atoms with E-state index < -0.39 is 11.9 Å². The SMILES string of the molecule is CSCCC(NC(=O)c1ccc(Cl)cc1Cl)C(=O)Nc1ccc(SC)cc1. The van der Waals surface area contributed by atoms with Crippen LogP contribution in [0.2, 0.25) is 10.0 Å². The number of amides is 2. The molecule has 0 saturated heterocycles. The molecule has 2 N–H and O–H groups in total. The van der Waals surface area contributed by atoms with Gasteiger partial charge in [0.05, 0.1) is 10.6 Å². The third-order valence-corrected chi connectivity index (χ3v) is 5.70. The molecule has 8 heteroatoms. The Kier molecular flexibility index (Phi) is 8.83. The number of halogens is 2. The molecular weight excluding hydrogens is 423 g/mol. The average molecular weight is 443 g/mol. The molecule has 0 aliphatic carbocycles. The number of carbonyl (C=O) groups is 2. The van der Waals surface area contributed by atoms with Crippen LogP contribution in [0.3, 0.4) is 0 Å². The zero-order valence-corrected chi connectivity index (χ0v) is 18.1. The van der Waals surface area contributed by atoms with E-state index in [4.69, 9.17) is 23.2 Å². The molecule has 2 rings (SSSR count). The van der Waals surface area contributed by atoms with E-state index in [2.05, 4.69) is 10.6 Å². The molecule has 1 unspecified atom stereocenters. The molecule has 144 valence electrons. The van der Waals surface area contributed by atoms with Gasteiger partial charge in [-0.3, -0.25) is 9.59 Å².